The second-order valence-corrected chi connectivity index (χ2v) is 4.82. The Balaban J connectivity index is 2.42. The zero-order valence-electron chi connectivity index (χ0n) is 8.85. The summed E-state index contributed by atoms with van der Waals surface area (Å²) in [5, 5.41) is 0.0872. The van der Waals surface area contributed by atoms with E-state index in [0.29, 0.717) is 12.8 Å². The molecule has 16 heavy (non-hydrogen) atoms. The zero-order chi connectivity index (χ0) is 11.8. The third-order valence-electron chi connectivity index (χ3n) is 3.33. The molecule has 2 N–H and O–H groups in total. The molecule has 2 rings (SSSR count). The number of hydrogen-bond donors (Lipinski definition) is 1. The fourth-order valence-electron chi connectivity index (χ4n) is 2.30. The van der Waals surface area contributed by atoms with Crippen LogP contribution < -0.4 is 5.73 Å². The van der Waals surface area contributed by atoms with Crippen LogP contribution in [0.4, 0.5) is 8.78 Å². The lowest BCUT2D eigenvalue weighted by atomic mass is 9.86. The Hall–Kier alpha value is -0.670. The van der Waals surface area contributed by atoms with Gasteiger partial charge in [-0.05, 0) is 18.9 Å². The summed E-state index contributed by atoms with van der Waals surface area (Å²) in [7, 11) is 0. The molecule has 0 atom stereocenters. The van der Waals surface area contributed by atoms with E-state index in [1.165, 1.54) is 12.1 Å². The predicted molar refractivity (Wildman–Crippen MR) is 60.7 cm³/mol. The van der Waals surface area contributed by atoms with Crippen LogP contribution in [0.15, 0.2) is 24.3 Å². The Labute approximate surface area is 98.6 Å². The van der Waals surface area contributed by atoms with Gasteiger partial charge in [-0.3, -0.25) is 0 Å². The molecule has 1 aliphatic rings. The van der Waals surface area contributed by atoms with E-state index in [1.807, 2.05) is 0 Å². The highest BCUT2D eigenvalue weighted by atomic mass is 35.5. The van der Waals surface area contributed by atoms with Gasteiger partial charge in [0, 0.05) is 10.6 Å². The highest BCUT2D eigenvalue weighted by Gasteiger charge is 2.53. The van der Waals surface area contributed by atoms with Gasteiger partial charge in [0.05, 0.1) is 5.54 Å². The van der Waals surface area contributed by atoms with E-state index < -0.39 is 11.5 Å². The van der Waals surface area contributed by atoms with Crippen molar-refractivity contribution in [1.29, 1.82) is 0 Å². The molecule has 0 bridgehead atoms. The fraction of sp³-hybridized carbons (Fsp3) is 0.500. The monoisotopic (exact) mass is 245 g/mol. The molecule has 0 spiro atoms. The van der Waals surface area contributed by atoms with Crippen LogP contribution >= 0.6 is 11.6 Å². The van der Waals surface area contributed by atoms with Crippen molar-refractivity contribution >= 4 is 11.6 Å². The summed E-state index contributed by atoms with van der Waals surface area (Å²) in [6.07, 6.45) is 2.23. The number of alkyl halides is 2. The minimum Gasteiger partial charge on any atom is -0.320 e. The van der Waals surface area contributed by atoms with Crippen molar-refractivity contribution in [2.75, 3.05) is 0 Å². The largest absolute Gasteiger partial charge is 0.320 e. The standard InChI is InChI=1S/C12H14ClF2N/c13-10-6-2-1-5-9(10)12(14,15)11(16)7-3-4-8-11/h1-2,5-6H,3-4,7-8,16H2. The van der Waals surface area contributed by atoms with Gasteiger partial charge in [-0.2, -0.15) is 8.78 Å². The van der Waals surface area contributed by atoms with E-state index in [-0.39, 0.29) is 10.6 Å². The Kier molecular flexibility index (Phi) is 2.93. The predicted octanol–water partition coefficient (Wildman–Crippen LogP) is 3.70. The lowest BCUT2D eigenvalue weighted by molar-refractivity contribution is -0.0793. The van der Waals surface area contributed by atoms with Gasteiger partial charge in [0.1, 0.15) is 0 Å². The topological polar surface area (TPSA) is 26.0 Å². The first-order chi connectivity index (χ1) is 7.47. The van der Waals surface area contributed by atoms with Crippen LogP contribution in [0.2, 0.25) is 5.02 Å². The maximum Gasteiger partial charge on any atom is 0.292 e. The normalized spacial score (nSPS) is 20.0. The lowest BCUT2D eigenvalue weighted by Crippen LogP contribution is -2.51. The Morgan fingerprint density at radius 2 is 1.75 bits per heavy atom. The highest BCUT2D eigenvalue weighted by molar-refractivity contribution is 6.31. The van der Waals surface area contributed by atoms with E-state index in [2.05, 4.69) is 0 Å². The average Bonchev–Trinajstić information content (AvgIpc) is 2.67. The first-order valence-electron chi connectivity index (χ1n) is 5.39. The first kappa shape index (κ1) is 11.8. The van der Waals surface area contributed by atoms with Crippen molar-refractivity contribution in [1.82, 2.24) is 0 Å². The van der Waals surface area contributed by atoms with Gasteiger partial charge in [-0.15, -0.1) is 0 Å². The summed E-state index contributed by atoms with van der Waals surface area (Å²) in [6, 6.07) is 6.03. The van der Waals surface area contributed by atoms with Crippen LogP contribution in [0, 0.1) is 0 Å². The molecule has 0 unspecified atom stereocenters. The SMILES string of the molecule is NC1(C(F)(F)c2ccccc2Cl)CCCC1. The maximum atomic E-state index is 14.3. The van der Waals surface area contributed by atoms with Gasteiger partial charge in [0.25, 0.3) is 5.92 Å². The summed E-state index contributed by atoms with van der Waals surface area (Å²) in [5.74, 6) is -3.05. The molecule has 1 nitrogen and oxygen atoms in total. The van der Waals surface area contributed by atoms with E-state index >= 15 is 0 Å². The molecule has 0 saturated heterocycles. The fourth-order valence-corrected chi connectivity index (χ4v) is 2.56. The minimum atomic E-state index is -3.05. The molecule has 0 amide bonds. The third kappa shape index (κ3) is 1.72. The van der Waals surface area contributed by atoms with Crippen LogP contribution in [-0.4, -0.2) is 5.54 Å². The molecule has 0 aromatic heterocycles. The lowest BCUT2D eigenvalue weighted by Gasteiger charge is -2.34. The second-order valence-electron chi connectivity index (χ2n) is 4.42. The zero-order valence-corrected chi connectivity index (χ0v) is 9.61. The molecule has 1 aromatic carbocycles. The van der Waals surface area contributed by atoms with Gasteiger partial charge < -0.3 is 5.73 Å². The maximum absolute atomic E-state index is 14.3. The van der Waals surface area contributed by atoms with Crippen LogP contribution in [-0.2, 0) is 5.92 Å². The molecule has 88 valence electrons. The molecule has 0 heterocycles. The average molecular weight is 246 g/mol. The van der Waals surface area contributed by atoms with Crippen molar-refractivity contribution in [2.45, 2.75) is 37.1 Å². The quantitative estimate of drug-likeness (QED) is 0.845. The van der Waals surface area contributed by atoms with E-state index in [4.69, 9.17) is 17.3 Å². The number of benzene rings is 1. The van der Waals surface area contributed by atoms with Crippen molar-refractivity contribution in [2.24, 2.45) is 5.73 Å². The number of halogens is 3. The summed E-state index contributed by atoms with van der Waals surface area (Å²) < 4.78 is 28.6. The minimum absolute atomic E-state index is 0.0872. The third-order valence-corrected chi connectivity index (χ3v) is 3.66. The van der Waals surface area contributed by atoms with Gasteiger partial charge in [0.2, 0.25) is 0 Å². The summed E-state index contributed by atoms with van der Waals surface area (Å²) >= 11 is 5.81. The number of nitrogens with two attached hydrogens (primary N) is 1. The molecule has 1 fully saturated rings. The number of hydrogen-bond acceptors (Lipinski definition) is 1. The van der Waals surface area contributed by atoms with Crippen LogP contribution in [0.5, 0.6) is 0 Å². The Morgan fingerprint density at radius 1 is 1.19 bits per heavy atom. The number of rotatable bonds is 2. The van der Waals surface area contributed by atoms with Crippen LogP contribution in [0.3, 0.4) is 0 Å². The van der Waals surface area contributed by atoms with Crippen molar-refractivity contribution in [3.05, 3.63) is 34.9 Å². The van der Waals surface area contributed by atoms with Crippen molar-refractivity contribution in [3.63, 3.8) is 0 Å². The van der Waals surface area contributed by atoms with E-state index in [9.17, 15) is 8.78 Å². The molecular formula is C12H14ClF2N. The molecule has 1 aliphatic carbocycles. The van der Waals surface area contributed by atoms with E-state index in [1.54, 1.807) is 12.1 Å². The first-order valence-corrected chi connectivity index (χ1v) is 5.77. The molecular weight excluding hydrogens is 232 g/mol. The van der Waals surface area contributed by atoms with Gasteiger partial charge in [0.15, 0.2) is 0 Å². The van der Waals surface area contributed by atoms with Gasteiger partial charge >= 0.3 is 0 Å². The molecule has 1 saturated carbocycles. The second kappa shape index (κ2) is 3.97. The summed E-state index contributed by atoms with van der Waals surface area (Å²) in [5.41, 5.74) is 4.24. The molecule has 0 aliphatic heterocycles. The summed E-state index contributed by atoms with van der Waals surface area (Å²) in [4.78, 5) is 0. The smallest absolute Gasteiger partial charge is 0.292 e. The van der Waals surface area contributed by atoms with Gasteiger partial charge in [-0.25, -0.2) is 0 Å². The van der Waals surface area contributed by atoms with Crippen LogP contribution in [0.25, 0.3) is 0 Å². The highest BCUT2D eigenvalue weighted by Crippen LogP contribution is 2.48. The molecule has 4 heteroatoms. The Bertz CT molecular complexity index is 386. The molecule has 1 aromatic rings. The summed E-state index contributed by atoms with van der Waals surface area (Å²) in [6.45, 7) is 0. The Morgan fingerprint density at radius 3 is 2.31 bits per heavy atom. The van der Waals surface area contributed by atoms with Gasteiger partial charge in [-0.1, -0.05) is 42.6 Å². The van der Waals surface area contributed by atoms with Crippen molar-refractivity contribution < 1.29 is 8.78 Å². The molecule has 0 radical (unpaired) electrons. The van der Waals surface area contributed by atoms with Crippen LogP contribution in [0.1, 0.15) is 31.2 Å². The van der Waals surface area contributed by atoms with Crippen molar-refractivity contribution in [3.8, 4) is 0 Å². The van der Waals surface area contributed by atoms with E-state index in [0.717, 1.165) is 12.8 Å².